The van der Waals surface area contributed by atoms with Crippen molar-refractivity contribution in [2.24, 2.45) is 0 Å². The van der Waals surface area contributed by atoms with E-state index in [-0.39, 0.29) is 12.3 Å². The summed E-state index contributed by atoms with van der Waals surface area (Å²) in [4.78, 5) is 20.9. The maximum atomic E-state index is 12.4. The number of aromatic nitrogens is 4. The molecule has 0 spiro atoms. The highest BCUT2D eigenvalue weighted by Gasteiger charge is 2.13. The van der Waals surface area contributed by atoms with Gasteiger partial charge in [0.2, 0.25) is 11.8 Å². The molecule has 0 atom stereocenters. The van der Waals surface area contributed by atoms with Crippen LogP contribution in [0.25, 0.3) is 10.9 Å². The van der Waals surface area contributed by atoms with Crippen LogP contribution in [0, 0.1) is 0 Å². The molecule has 0 radical (unpaired) electrons. The Morgan fingerprint density at radius 3 is 2.53 bits per heavy atom. The van der Waals surface area contributed by atoms with Gasteiger partial charge in [-0.2, -0.15) is 5.10 Å². The summed E-state index contributed by atoms with van der Waals surface area (Å²) in [6, 6.07) is 10.8. The standard InChI is InChI=1S/C23H23N5O4/c1-4-17-19(12-26-28-17)27-22(29)9-14-5-7-15(8-6-14)32-23-16-10-20(30-2)21(31-3)11-18(16)24-13-25-23/h5-8,10-13H,4,9H2,1-3H3,(H,26,28)(H,27,29). The lowest BCUT2D eigenvalue weighted by Gasteiger charge is -2.11. The van der Waals surface area contributed by atoms with E-state index in [0.29, 0.717) is 39.7 Å². The molecule has 0 saturated heterocycles. The van der Waals surface area contributed by atoms with Gasteiger partial charge in [-0.05, 0) is 30.2 Å². The van der Waals surface area contributed by atoms with Crippen molar-refractivity contribution in [3.8, 4) is 23.1 Å². The predicted molar refractivity (Wildman–Crippen MR) is 119 cm³/mol. The average molecular weight is 433 g/mol. The molecule has 4 aromatic rings. The van der Waals surface area contributed by atoms with E-state index >= 15 is 0 Å². The molecule has 0 aliphatic rings. The van der Waals surface area contributed by atoms with E-state index in [9.17, 15) is 4.79 Å². The fourth-order valence-electron chi connectivity index (χ4n) is 3.30. The van der Waals surface area contributed by atoms with Crippen LogP contribution in [-0.4, -0.2) is 40.3 Å². The number of hydrogen-bond donors (Lipinski definition) is 2. The summed E-state index contributed by atoms with van der Waals surface area (Å²) < 4.78 is 16.7. The summed E-state index contributed by atoms with van der Waals surface area (Å²) in [6.07, 6.45) is 4.09. The third kappa shape index (κ3) is 4.46. The zero-order valence-electron chi connectivity index (χ0n) is 18.0. The Labute approximate surface area is 184 Å². The first-order valence-electron chi connectivity index (χ1n) is 10.1. The molecular formula is C23H23N5O4. The quantitative estimate of drug-likeness (QED) is 0.433. The van der Waals surface area contributed by atoms with Gasteiger partial charge in [-0.25, -0.2) is 9.97 Å². The number of benzene rings is 2. The molecule has 1 amide bonds. The van der Waals surface area contributed by atoms with Crippen LogP contribution in [-0.2, 0) is 17.6 Å². The lowest BCUT2D eigenvalue weighted by Crippen LogP contribution is -2.14. The summed E-state index contributed by atoms with van der Waals surface area (Å²) in [6.45, 7) is 1.98. The highest BCUT2D eigenvalue weighted by atomic mass is 16.5. The molecule has 0 fully saturated rings. The topological polar surface area (TPSA) is 111 Å². The molecule has 0 saturated carbocycles. The van der Waals surface area contributed by atoms with Crippen LogP contribution in [0.4, 0.5) is 5.69 Å². The van der Waals surface area contributed by atoms with Crippen molar-refractivity contribution in [3.05, 3.63) is 60.2 Å². The minimum Gasteiger partial charge on any atom is -0.493 e. The van der Waals surface area contributed by atoms with Crippen LogP contribution in [0.2, 0.25) is 0 Å². The van der Waals surface area contributed by atoms with Gasteiger partial charge in [0.05, 0.1) is 42.9 Å². The van der Waals surface area contributed by atoms with E-state index < -0.39 is 0 Å². The lowest BCUT2D eigenvalue weighted by atomic mass is 10.1. The van der Waals surface area contributed by atoms with Crippen LogP contribution >= 0.6 is 0 Å². The first-order chi connectivity index (χ1) is 15.6. The second-order valence-corrected chi connectivity index (χ2v) is 6.97. The second kappa shape index (κ2) is 9.34. The number of aryl methyl sites for hydroxylation is 1. The van der Waals surface area contributed by atoms with Crippen LogP contribution < -0.4 is 19.5 Å². The van der Waals surface area contributed by atoms with Crippen LogP contribution in [0.1, 0.15) is 18.2 Å². The highest BCUT2D eigenvalue weighted by Crippen LogP contribution is 2.35. The number of nitrogens with one attached hydrogen (secondary N) is 2. The fourth-order valence-corrected chi connectivity index (χ4v) is 3.30. The van der Waals surface area contributed by atoms with Crippen molar-refractivity contribution in [3.63, 3.8) is 0 Å². The fraction of sp³-hybridized carbons (Fsp3) is 0.217. The molecule has 2 N–H and O–H groups in total. The van der Waals surface area contributed by atoms with Crippen molar-refractivity contribution in [2.75, 3.05) is 19.5 Å². The maximum absolute atomic E-state index is 12.4. The van der Waals surface area contributed by atoms with E-state index in [2.05, 4.69) is 25.5 Å². The molecule has 0 unspecified atom stereocenters. The van der Waals surface area contributed by atoms with E-state index in [1.807, 2.05) is 19.1 Å². The van der Waals surface area contributed by atoms with E-state index in [1.54, 1.807) is 44.7 Å². The van der Waals surface area contributed by atoms with Gasteiger partial charge in [-0.1, -0.05) is 19.1 Å². The average Bonchev–Trinajstić information content (AvgIpc) is 3.26. The van der Waals surface area contributed by atoms with Crippen LogP contribution in [0.5, 0.6) is 23.1 Å². The molecular weight excluding hydrogens is 410 g/mol. The zero-order valence-corrected chi connectivity index (χ0v) is 18.0. The molecule has 2 aromatic heterocycles. The first kappa shape index (κ1) is 21.1. The summed E-state index contributed by atoms with van der Waals surface area (Å²) in [7, 11) is 3.14. The van der Waals surface area contributed by atoms with Crippen molar-refractivity contribution in [1.29, 1.82) is 0 Å². The number of nitrogens with zero attached hydrogens (tertiary/aromatic N) is 3. The SMILES string of the molecule is CCc1n[nH]cc1NC(=O)Cc1ccc(Oc2ncnc3cc(OC)c(OC)cc23)cc1. The van der Waals surface area contributed by atoms with Gasteiger partial charge in [-0.3, -0.25) is 9.89 Å². The first-order valence-corrected chi connectivity index (χ1v) is 10.1. The zero-order chi connectivity index (χ0) is 22.5. The number of carbonyl (C=O) groups excluding carboxylic acids is 1. The Morgan fingerprint density at radius 2 is 1.81 bits per heavy atom. The highest BCUT2D eigenvalue weighted by molar-refractivity contribution is 5.92. The Hall–Kier alpha value is -4.14. The number of ether oxygens (including phenoxy) is 3. The minimum absolute atomic E-state index is 0.113. The van der Waals surface area contributed by atoms with Gasteiger partial charge in [0, 0.05) is 12.3 Å². The normalized spacial score (nSPS) is 10.7. The molecule has 0 aliphatic carbocycles. The van der Waals surface area contributed by atoms with Crippen LogP contribution in [0.15, 0.2) is 48.9 Å². The Balaban J connectivity index is 1.48. The number of hydrogen-bond acceptors (Lipinski definition) is 7. The number of anilines is 1. The van der Waals surface area contributed by atoms with E-state index in [4.69, 9.17) is 14.2 Å². The largest absolute Gasteiger partial charge is 0.493 e. The Kier molecular flexibility index (Phi) is 6.16. The molecule has 0 bridgehead atoms. The number of carbonyl (C=O) groups is 1. The van der Waals surface area contributed by atoms with Crippen molar-refractivity contribution < 1.29 is 19.0 Å². The van der Waals surface area contributed by atoms with E-state index in [0.717, 1.165) is 17.7 Å². The number of rotatable bonds is 8. The van der Waals surface area contributed by atoms with Crippen molar-refractivity contribution in [2.45, 2.75) is 19.8 Å². The Bertz CT molecular complexity index is 1240. The van der Waals surface area contributed by atoms with Gasteiger partial charge in [0.1, 0.15) is 12.1 Å². The lowest BCUT2D eigenvalue weighted by molar-refractivity contribution is -0.115. The number of fused-ring (bicyclic) bond motifs is 1. The monoisotopic (exact) mass is 433 g/mol. The molecule has 2 aromatic carbocycles. The predicted octanol–water partition coefficient (Wildman–Crippen LogP) is 3.91. The van der Waals surface area contributed by atoms with Gasteiger partial charge in [0.25, 0.3) is 0 Å². The van der Waals surface area contributed by atoms with Crippen LogP contribution in [0.3, 0.4) is 0 Å². The molecule has 4 rings (SSSR count). The summed E-state index contributed by atoms with van der Waals surface area (Å²) in [5.74, 6) is 2.01. The van der Waals surface area contributed by atoms with Gasteiger partial charge in [0.15, 0.2) is 11.5 Å². The van der Waals surface area contributed by atoms with Gasteiger partial charge in [-0.15, -0.1) is 0 Å². The second-order valence-electron chi connectivity index (χ2n) is 6.97. The molecule has 2 heterocycles. The van der Waals surface area contributed by atoms with Gasteiger partial charge < -0.3 is 19.5 Å². The summed E-state index contributed by atoms with van der Waals surface area (Å²) >= 11 is 0. The molecule has 164 valence electrons. The smallest absolute Gasteiger partial charge is 0.230 e. The Morgan fingerprint density at radius 1 is 1.06 bits per heavy atom. The molecule has 0 aliphatic heterocycles. The number of aromatic amines is 1. The van der Waals surface area contributed by atoms with Gasteiger partial charge >= 0.3 is 0 Å². The third-order valence-corrected chi connectivity index (χ3v) is 4.93. The number of H-pyrrole nitrogens is 1. The maximum Gasteiger partial charge on any atom is 0.230 e. The number of methoxy groups -OCH3 is 2. The van der Waals surface area contributed by atoms with E-state index in [1.165, 1.54) is 6.33 Å². The third-order valence-electron chi connectivity index (χ3n) is 4.93. The van der Waals surface area contributed by atoms with Crippen molar-refractivity contribution in [1.82, 2.24) is 20.2 Å². The summed E-state index contributed by atoms with van der Waals surface area (Å²) in [5, 5.41) is 10.5. The molecule has 32 heavy (non-hydrogen) atoms. The molecule has 9 heteroatoms. The minimum atomic E-state index is -0.113. The summed E-state index contributed by atoms with van der Waals surface area (Å²) in [5.41, 5.74) is 3.07. The number of amides is 1. The van der Waals surface area contributed by atoms with Crippen molar-refractivity contribution >= 4 is 22.5 Å². The molecule has 9 nitrogen and oxygen atoms in total.